The van der Waals surface area contributed by atoms with Gasteiger partial charge in [-0.3, -0.25) is 0 Å². The summed E-state index contributed by atoms with van der Waals surface area (Å²) < 4.78 is 5.81. The number of ether oxygens (including phenoxy) is 1. The Kier molecular flexibility index (Phi) is 3.76. The Morgan fingerprint density at radius 3 is 3.00 bits per heavy atom. The molecule has 1 aromatic rings. The Morgan fingerprint density at radius 1 is 1.71 bits per heavy atom. The van der Waals surface area contributed by atoms with Crippen molar-refractivity contribution >= 4 is 27.4 Å². The molecule has 3 N–H and O–H groups in total. The lowest BCUT2D eigenvalue weighted by Crippen LogP contribution is -2.06. The SMILES string of the molecule is C=C(Br)CNc1nc(OC)ccc1N. The summed E-state index contributed by atoms with van der Waals surface area (Å²) in [5.74, 6) is 1.13. The molecule has 0 aliphatic carbocycles. The highest BCUT2D eigenvalue weighted by atomic mass is 79.9. The molecular weight excluding hydrogens is 246 g/mol. The number of hydrogen-bond donors (Lipinski definition) is 2. The lowest BCUT2D eigenvalue weighted by Gasteiger charge is -2.08. The van der Waals surface area contributed by atoms with Crippen LogP contribution in [0.2, 0.25) is 0 Å². The average Bonchev–Trinajstić information content (AvgIpc) is 2.16. The molecule has 0 fully saturated rings. The zero-order valence-electron chi connectivity index (χ0n) is 7.88. The third-order valence-electron chi connectivity index (χ3n) is 1.56. The van der Waals surface area contributed by atoms with Crippen LogP contribution in [0, 0.1) is 0 Å². The van der Waals surface area contributed by atoms with Crippen LogP contribution in [0.1, 0.15) is 0 Å². The van der Waals surface area contributed by atoms with E-state index in [1.807, 2.05) is 0 Å². The Bertz CT molecular complexity index is 341. The maximum absolute atomic E-state index is 5.70. The molecule has 0 bridgehead atoms. The van der Waals surface area contributed by atoms with Crippen LogP contribution in [0.3, 0.4) is 0 Å². The van der Waals surface area contributed by atoms with Crippen molar-refractivity contribution in [3.8, 4) is 5.88 Å². The molecule has 76 valence electrons. The Morgan fingerprint density at radius 2 is 2.43 bits per heavy atom. The molecule has 0 atom stereocenters. The summed E-state index contributed by atoms with van der Waals surface area (Å²) in [5.41, 5.74) is 6.29. The fourth-order valence-electron chi connectivity index (χ4n) is 0.887. The molecule has 0 saturated carbocycles. The minimum absolute atomic E-state index is 0.530. The molecular formula is C9H12BrN3O. The van der Waals surface area contributed by atoms with Gasteiger partial charge in [0.1, 0.15) is 0 Å². The number of aromatic nitrogens is 1. The Balaban J connectivity index is 2.78. The van der Waals surface area contributed by atoms with Gasteiger partial charge in [0.15, 0.2) is 5.82 Å². The second-order valence-electron chi connectivity index (χ2n) is 2.66. The van der Waals surface area contributed by atoms with Gasteiger partial charge in [0.05, 0.1) is 12.8 Å². The van der Waals surface area contributed by atoms with E-state index >= 15 is 0 Å². The molecule has 1 aromatic heterocycles. The van der Waals surface area contributed by atoms with Crippen LogP contribution in [0.4, 0.5) is 11.5 Å². The number of hydrogen-bond acceptors (Lipinski definition) is 4. The summed E-state index contributed by atoms with van der Waals surface area (Å²) in [7, 11) is 1.56. The largest absolute Gasteiger partial charge is 0.481 e. The van der Waals surface area contributed by atoms with Gasteiger partial charge in [0.25, 0.3) is 0 Å². The number of pyridine rings is 1. The fraction of sp³-hybridized carbons (Fsp3) is 0.222. The molecule has 1 heterocycles. The van der Waals surface area contributed by atoms with E-state index in [9.17, 15) is 0 Å². The fourth-order valence-corrected chi connectivity index (χ4v) is 1.03. The maximum atomic E-state index is 5.70. The van der Waals surface area contributed by atoms with Gasteiger partial charge in [-0.1, -0.05) is 22.5 Å². The van der Waals surface area contributed by atoms with Gasteiger partial charge in [0, 0.05) is 17.1 Å². The van der Waals surface area contributed by atoms with Gasteiger partial charge in [-0.15, -0.1) is 0 Å². The molecule has 0 spiro atoms. The van der Waals surface area contributed by atoms with E-state index in [0.717, 1.165) is 4.48 Å². The average molecular weight is 258 g/mol. The minimum atomic E-state index is 0.530. The Hall–Kier alpha value is -1.23. The summed E-state index contributed by atoms with van der Waals surface area (Å²) in [6, 6.07) is 3.45. The molecule has 14 heavy (non-hydrogen) atoms. The number of methoxy groups -OCH3 is 1. The number of nitrogens with zero attached hydrogens (tertiary/aromatic N) is 1. The number of halogens is 1. The monoisotopic (exact) mass is 257 g/mol. The number of nitrogens with one attached hydrogen (secondary N) is 1. The summed E-state index contributed by atoms with van der Waals surface area (Å²) in [5, 5.41) is 3.02. The topological polar surface area (TPSA) is 60.2 Å². The number of nitrogen functional groups attached to an aromatic ring is 1. The summed E-state index contributed by atoms with van der Waals surface area (Å²) >= 11 is 3.24. The zero-order valence-corrected chi connectivity index (χ0v) is 9.47. The molecule has 0 aliphatic rings. The standard InChI is InChI=1S/C9H12BrN3O/c1-6(10)5-12-9-7(11)3-4-8(13-9)14-2/h3-4H,1,5,11H2,2H3,(H,12,13). The van der Waals surface area contributed by atoms with Crippen molar-refractivity contribution in [2.45, 2.75) is 0 Å². The third-order valence-corrected chi connectivity index (χ3v) is 1.84. The molecule has 0 radical (unpaired) electrons. The molecule has 0 aliphatic heterocycles. The van der Waals surface area contributed by atoms with E-state index in [4.69, 9.17) is 10.5 Å². The van der Waals surface area contributed by atoms with Gasteiger partial charge < -0.3 is 15.8 Å². The first-order chi connectivity index (χ1) is 6.63. The normalized spacial score (nSPS) is 9.57. The molecule has 0 amide bonds. The van der Waals surface area contributed by atoms with Crippen LogP contribution >= 0.6 is 15.9 Å². The quantitative estimate of drug-likeness (QED) is 0.867. The highest BCUT2D eigenvalue weighted by molar-refractivity contribution is 9.11. The third kappa shape index (κ3) is 2.92. The first kappa shape index (κ1) is 10.8. The van der Waals surface area contributed by atoms with Crippen molar-refractivity contribution < 1.29 is 4.74 Å². The van der Waals surface area contributed by atoms with Crippen molar-refractivity contribution in [3.63, 3.8) is 0 Å². The van der Waals surface area contributed by atoms with E-state index in [0.29, 0.717) is 23.9 Å². The van der Waals surface area contributed by atoms with Crippen molar-refractivity contribution in [1.29, 1.82) is 0 Å². The number of anilines is 2. The molecule has 1 rings (SSSR count). The van der Waals surface area contributed by atoms with E-state index in [1.165, 1.54) is 0 Å². The maximum Gasteiger partial charge on any atom is 0.215 e. The highest BCUT2D eigenvalue weighted by Gasteiger charge is 2.02. The van der Waals surface area contributed by atoms with Crippen molar-refractivity contribution in [2.24, 2.45) is 0 Å². The van der Waals surface area contributed by atoms with Crippen LogP contribution in [0.15, 0.2) is 23.2 Å². The van der Waals surface area contributed by atoms with E-state index in [-0.39, 0.29) is 0 Å². The predicted molar refractivity (Wildman–Crippen MR) is 61.8 cm³/mol. The minimum Gasteiger partial charge on any atom is -0.481 e. The zero-order chi connectivity index (χ0) is 10.6. The molecule has 5 heteroatoms. The van der Waals surface area contributed by atoms with Crippen LogP contribution in [0.25, 0.3) is 0 Å². The first-order valence-electron chi connectivity index (χ1n) is 4.01. The van der Waals surface area contributed by atoms with Gasteiger partial charge in [0.2, 0.25) is 5.88 Å². The number of nitrogens with two attached hydrogens (primary N) is 1. The second kappa shape index (κ2) is 4.85. The van der Waals surface area contributed by atoms with Crippen LogP contribution < -0.4 is 15.8 Å². The highest BCUT2D eigenvalue weighted by Crippen LogP contribution is 2.19. The molecule has 4 nitrogen and oxygen atoms in total. The summed E-state index contributed by atoms with van der Waals surface area (Å²) in [6.07, 6.45) is 0. The summed E-state index contributed by atoms with van der Waals surface area (Å²) in [4.78, 5) is 4.14. The Labute approximate surface area is 91.3 Å². The van der Waals surface area contributed by atoms with Crippen molar-refractivity contribution in [2.75, 3.05) is 24.7 Å². The number of rotatable bonds is 4. The van der Waals surface area contributed by atoms with Gasteiger partial charge in [-0.05, 0) is 6.07 Å². The first-order valence-corrected chi connectivity index (χ1v) is 4.80. The van der Waals surface area contributed by atoms with Crippen molar-refractivity contribution in [1.82, 2.24) is 4.98 Å². The van der Waals surface area contributed by atoms with E-state index in [1.54, 1.807) is 19.2 Å². The molecule has 0 saturated heterocycles. The van der Waals surface area contributed by atoms with Crippen LogP contribution in [-0.2, 0) is 0 Å². The van der Waals surface area contributed by atoms with Gasteiger partial charge in [-0.2, -0.15) is 4.98 Å². The second-order valence-corrected chi connectivity index (χ2v) is 3.78. The lowest BCUT2D eigenvalue weighted by molar-refractivity contribution is 0.398. The van der Waals surface area contributed by atoms with E-state index in [2.05, 4.69) is 32.8 Å². The summed E-state index contributed by atoms with van der Waals surface area (Å²) in [6.45, 7) is 4.27. The van der Waals surface area contributed by atoms with Gasteiger partial charge >= 0.3 is 0 Å². The van der Waals surface area contributed by atoms with Crippen LogP contribution in [-0.4, -0.2) is 18.6 Å². The smallest absolute Gasteiger partial charge is 0.215 e. The predicted octanol–water partition coefficient (Wildman–Crippen LogP) is 1.99. The molecule has 0 unspecified atom stereocenters. The molecule has 0 aromatic carbocycles. The lowest BCUT2D eigenvalue weighted by atomic mass is 10.4. The van der Waals surface area contributed by atoms with Crippen molar-refractivity contribution in [3.05, 3.63) is 23.2 Å². The van der Waals surface area contributed by atoms with Gasteiger partial charge in [-0.25, -0.2) is 0 Å². The van der Waals surface area contributed by atoms with Crippen LogP contribution in [0.5, 0.6) is 5.88 Å². The van der Waals surface area contributed by atoms with E-state index < -0.39 is 0 Å².